The largest absolute Gasteiger partial charge is 0.368 e. The zero-order valence-corrected chi connectivity index (χ0v) is 10.6. The van der Waals surface area contributed by atoms with Crippen molar-refractivity contribution >= 4 is 11.5 Å². The molecule has 0 saturated carbocycles. The molecule has 0 unspecified atom stereocenters. The number of rotatable bonds is 2. The molecular formula is C14H18N4. The fourth-order valence-corrected chi connectivity index (χ4v) is 2.40. The molecule has 4 nitrogen and oxygen atoms in total. The van der Waals surface area contributed by atoms with E-state index in [4.69, 9.17) is 0 Å². The number of hydrogen-bond acceptors (Lipinski definition) is 3. The third-order valence-electron chi connectivity index (χ3n) is 3.42. The first-order valence-electron chi connectivity index (χ1n) is 6.40. The minimum absolute atomic E-state index is 1.03. The smallest absolute Gasteiger partial charge is 0.150 e. The van der Waals surface area contributed by atoms with Gasteiger partial charge in [0.25, 0.3) is 0 Å². The van der Waals surface area contributed by atoms with E-state index >= 15 is 0 Å². The van der Waals surface area contributed by atoms with Crippen molar-refractivity contribution in [2.45, 2.75) is 6.92 Å². The number of para-hydroxylation sites is 1. The predicted molar refractivity (Wildman–Crippen MR) is 74.2 cm³/mol. The molecule has 18 heavy (non-hydrogen) atoms. The Hall–Kier alpha value is -1.97. The summed E-state index contributed by atoms with van der Waals surface area (Å²) in [5, 5.41) is 7.32. The van der Waals surface area contributed by atoms with Crippen molar-refractivity contribution in [3.05, 3.63) is 42.1 Å². The van der Waals surface area contributed by atoms with Crippen LogP contribution in [-0.2, 0) is 0 Å². The van der Waals surface area contributed by atoms with Gasteiger partial charge < -0.3 is 9.80 Å². The van der Waals surface area contributed by atoms with Crippen LogP contribution in [0.3, 0.4) is 0 Å². The molecule has 1 aromatic carbocycles. The van der Waals surface area contributed by atoms with Crippen molar-refractivity contribution in [2.24, 2.45) is 0 Å². The molecule has 0 amide bonds. The summed E-state index contributed by atoms with van der Waals surface area (Å²) in [5.41, 5.74) is 2.44. The van der Waals surface area contributed by atoms with Crippen LogP contribution in [-0.4, -0.2) is 36.4 Å². The molecule has 1 saturated heterocycles. The van der Waals surface area contributed by atoms with Gasteiger partial charge in [0.2, 0.25) is 0 Å². The third kappa shape index (κ3) is 2.18. The highest BCUT2D eigenvalue weighted by molar-refractivity contribution is 5.49. The van der Waals surface area contributed by atoms with E-state index in [0.29, 0.717) is 0 Å². The minimum Gasteiger partial charge on any atom is -0.368 e. The molecular weight excluding hydrogens is 224 g/mol. The van der Waals surface area contributed by atoms with E-state index < -0.39 is 0 Å². The Bertz CT molecular complexity index is 498. The maximum atomic E-state index is 4.32. The predicted octanol–water partition coefficient (Wildman–Crippen LogP) is 2.04. The normalized spacial score (nSPS) is 16.1. The van der Waals surface area contributed by atoms with Crippen molar-refractivity contribution in [3.63, 3.8) is 0 Å². The summed E-state index contributed by atoms with van der Waals surface area (Å²) in [5.74, 6) is 1.07. The number of aromatic nitrogens is 2. The van der Waals surface area contributed by atoms with Crippen LogP contribution in [0.1, 0.15) is 5.69 Å². The summed E-state index contributed by atoms with van der Waals surface area (Å²) >= 11 is 0. The maximum absolute atomic E-state index is 4.32. The highest BCUT2D eigenvalue weighted by Crippen LogP contribution is 2.19. The van der Waals surface area contributed by atoms with Crippen molar-refractivity contribution < 1.29 is 0 Å². The van der Waals surface area contributed by atoms with E-state index in [1.54, 1.807) is 0 Å². The van der Waals surface area contributed by atoms with Gasteiger partial charge in [0.15, 0.2) is 5.82 Å². The van der Waals surface area contributed by atoms with E-state index in [1.165, 1.54) is 5.69 Å². The molecule has 1 aliphatic rings. The van der Waals surface area contributed by atoms with E-state index in [9.17, 15) is 0 Å². The Morgan fingerprint density at radius 2 is 1.67 bits per heavy atom. The molecule has 0 spiro atoms. The summed E-state index contributed by atoms with van der Waals surface area (Å²) in [6, 6.07) is 12.7. The monoisotopic (exact) mass is 242 g/mol. The van der Waals surface area contributed by atoms with Gasteiger partial charge in [-0.1, -0.05) is 18.2 Å². The number of aromatic amines is 1. The second-order valence-corrected chi connectivity index (χ2v) is 4.72. The van der Waals surface area contributed by atoms with Gasteiger partial charge in [0.1, 0.15) is 0 Å². The topological polar surface area (TPSA) is 35.2 Å². The summed E-state index contributed by atoms with van der Waals surface area (Å²) in [4.78, 5) is 4.76. The van der Waals surface area contributed by atoms with Crippen LogP contribution in [0.25, 0.3) is 0 Å². The van der Waals surface area contributed by atoms with Crippen LogP contribution >= 0.6 is 0 Å². The highest BCUT2D eigenvalue weighted by Gasteiger charge is 2.18. The lowest BCUT2D eigenvalue weighted by Crippen LogP contribution is -2.46. The average molecular weight is 242 g/mol. The molecule has 2 aromatic rings. The number of nitrogens with zero attached hydrogens (tertiary/aromatic N) is 3. The summed E-state index contributed by atoms with van der Waals surface area (Å²) in [7, 11) is 0. The molecule has 3 rings (SSSR count). The molecule has 94 valence electrons. The fraction of sp³-hybridized carbons (Fsp3) is 0.357. The number of benzene rings is 1. The number of H-pyrrole nitrogens is 1. The van der Waals surface area contributed by atoms with Crippen LogP contribution in [0.5, 0.6) is 0 Å². The Morgan fingerprint density at radius 3 is 2.28 bits per heavy atom. The van der Waals surface area contributed by atoms with Crippen LogP contribution in [0.4, 0.5) is 11.5 Å². The van der Waals surface area contributed by atoms with Crippen LogP contribution in [0, 0.1) is 6.92 Å². The maximum Gasteiger partial charge on any atom is 0.150 e. The van der Waals surface area contributed by atoms with Crippen molar-refractivity contribution in [2.75, 3.05) is 36.0 Å². The molecule has 1 aromatic heterocycles. The molecule has 0 bridgehead atoms. The highest BCUT2D eigenvalue weighted by atomic mass is 15.3. The quantitative estimate of drug-likeness (QED) is 0.875. The first-order valence-corrected chi connectivity index (χ1v) is 6.40. The molecule has 0 radical (unpaired) electrons. The zero-order valence-electron chi connectivity index (χ0n) is 10.6. The average Bonchev–Trinajstić information content (AvgIpc) is 2.87. The fourth-order valence-electron chi connectivity index (χ4n) is 2.40. The first-order chi connectivity index (χ1) is 8.83. The lowest BCUT2D eigenvalue weighted by atomic mass is 10.2. The van der Waals surface area contributed by atoms with Crippen LogP contribution in [0.15, 0.2) is 36.4 Å². The van der Waals surface area contributed by atoms with E-state index in [-0.39, 0.29) is 0 Å². The second-order valence-electron chi connectivity index (χ2n) is 4.72. The summed E-state index contributed by atoms with van der Waals surface area (Å²) in [6.07, 6.45) is 0. The standard InChI is InChI=1S/C14H18N4/c1-12-11-14(16-15-12)18-9-7-17(8-10-18)13-5-3-2-4-6-13/h2-6,11H,7-10H2,1H3,(H,15,16). The Balaban J connectivity index is 1.65. The second kappa shape index (κ2) is 4.72. The van der Waals surface area contributed by atoms with Gasteiger partial charge in [0, 0.05) is 43.6 Å². The van der Waals surface area contributed by atoms with Gasteiger partial charge in [-0.2, -0.15) is 5.10 Å². The van der Waals surface area contributed by atoms with Crippen molar-refractivity contribution in [3.8, 4) is 0 Å². The van der Waals surface area contributed by atoms with Gasteiger partial charge in [-0.3, -0.25) is 5.10 Å². The van der Waals surface area contributed by atoms with Crippen molar-refractivity contribution in [1.29, 1.82) is 0 Å². The summed E-state index contributed by atoms with van der Waals surface area (Å²) in [6.45, 7) is 6.20. The van der Waals surface area contributed by atoms with Gasteiger partial charge in [0.05, 0.1) is 0 Å². The molecule has 1 N–H and O–H groups in total. The summed E-state index contributed by atoms with van der Waals surface area (Å²) < 4.78 is 0. The van der Waals surface area contributed by atoms with E-state index in [0.717, 1.165) is 37.7 Å². The van der Waals surface area contributed by atoms with Gasteiger partial charge in [-0.25, -0.2) is 0 Å². The Morgan fingerprint density at radius 1 is 1.00 bits per heavy atom. The Kier molecular flexibility index (Phi) is 2.92. The number of aryl methyl sites for hydroxylation is 1. The number of nitrogens with one attached hydrogen (secondary N) is 1. The van der Waals surface area contributed by atoms with E-state index in [2.05, 4.69) is 56.4 Å². The van der Waals surface area contributed by atoms with Crippen molar-refractivity contribution in [1.82, 2.24) is 10.2 Å². The Labute approximate surface area is 107 Å². The molecule has 0 aliphatic carbocycles. The molecule has 0 atom stereocenters. The third-order valence-corrected chi connectivity index (χ3v) is 3.42. The van der Waals surface area contributed by atoms with Gasteiger partial charge in [-0.15, -0.1) is 0 Å². The SMILES string of the molecule is Cc1cc(N2CCN(c3ccccc3)CC2)n[nH]1. The van der Waals surface area contributed by atoms with Gasteiger partial charge in [-0.05, 0) is 19.1 Å². The molecule has 2 heterocycles. The van der Waals surface area contributed by atoms with Crippen LogP contribution in [0.2, 0.25) is 0 Å². The minimum atomic E-state index is 1.03. The number of hydrogen-bond donors (Lipinski definition) is 1. The van der Waals surface area contributed by atoms with Crippen LogP contribution < -0.4 is 9.80 Å². The molecule has 1 fully saturated rings. The lowest BCUT2D eigenvalue weighted by Gasteiger charge is -2.36. The lowest BCUT2D eigenvalue weighted by molar-refractivity contribution is 0.646. The zero-order chi connectivity index (χ0) is 12.4. The number of piperazine rings is 1. The molecule has 4 heteroatoms. The molecule has 1 aliphatic heterocycles. The first kappa shape index (κ1) is 11.1. The van der Waals surface area contributed by atoms with E-state index in [1.807, 2.05) is 6.92 Å². The van der Waals surface area contributed by atoms with Gasteiger partial charge >= 0.3 is 0 Å². The number of anilines is 2.